The van der Waals surface area contributed by atoms with Gasteiger partial charge in [-0.2, -0.15) is 22.9 Å². The molecule has 0 aliphatic heterocycles. The summed E-state index contributed by atoms with van der Waals surface area (Å²) in [5.74, 6) is -0.428. The van der Waals surface area contributed by atoms with Crippen LogP contribution in [0.5, 0.6) is 11.5 Å². The Morgan fingerprint density at radius 1 is 1.14 bits per heavy atom. The predicted octanol–water partition coefficient (Wildman–Crippen LogP) is 7.11. The van der Waals surface area contributed by atoms with Gasteiger partial charge in [-0.3, -0.25) is 4.79 Å². The van der Waals surface area contributed by atoms with Crippen molar-refractivity contribution < 1.29 is 32.2 Å². The zero-order valence-electron chi connectivity index (χ0n) is 22.5. The van der Waals surface area contributed by atoms with E-state index in [1.54, 1.807) is 38.1 Å². The fourth-order valence-corrected chi connectivity index (χ4v) is 4.57. The Balaban J connectivity index is 1.86. The second kappa shape index (κ2) is 13.0. The van der Waals surface area contributed by atoms with Crippen molar-refractivity contribution in [1.82, 2.24) is 9.66 Å². The minimum Gasteiger partial charge on any atom is -0.490 e. The molecule has 0 radical (unpaired) electrons. The van der Waals surface area contributed by atoms with Gasteiger partial charge in [-0.25, -0.2) is 9.78 Å². The quantitative estimate of drug-likeness (QED) is 0.140. The summed E-state index contributed by atoms with van der Waals surface area (Å²) in [6.07, 6.45) is -4.32. The summed E-state index contributed by atoms with van der Waals surface area (Å²) < 4.78 is 58.1. The van der Waals surface area contributed by atoms with E-state index in [4.69, 9.17) is 25.8 Å². The summed E-state index contributed by atoms with van der Waals surface area (Å²) in [6, 6.07) is 12.4. The lowest BCUT2D eigenvalue weighted by Crippen LogP contribution is -2.26. The van der Waals surface area contributed by atoms with E-state index in [1.165, 1.54) is 31.3 Å². The first kappa shape index (κ1) is 31.0. The Morgan fingerprint density at radius 3 is 2.57 bits per heavy atom. The average molecular weight is 667 g/mol. The molecule has 0 spiro atoms. The van der Waals surface area contributed by atoms with E-state index < -0.39 is 29.4 Å². The van der Waals surface area contributed by atoms with Crippen LogP contribution in [0.25, 0.3) is 22.3 Å². The van der Waals surface area contributed by atoms with Crippen molar-refractivity contribution in [3.8, 4) is 22.9 Å². The SMILES string of the molecule is CCOC(=O)[C@H](C)Oc1c(OCC)cc(C=Nn2c(-c3cccc(C(F)(F)F)c3)nc3ccccc3c2=O)c(Br)c1Cl. The zero-order chi connectivity index (χ0) is 30.6. The number of aromatic nitrogens is 2. The van der Waals surface area contributed by atoms with Crippen LogP contribution in [0, 0.1) is 0 Å². The number of carbonyl (C=O) groups excluding carboxylic acids is 1. The van der Waals surface area contributed by atoms with Crippen molar-refractivity contribution in [3.63, 3.8) is 0 Å². The first-order valence-corrected chi connectivity index (χ1v) is 13.8. The van der Waals surface area contributed by atoms with Crippen LogP contribution in [-0.2, 0) is 15.7 Å². The highest BCUT2D eigenvalue weighted by Gasteiger charge is 2.31. The maximum atomic E-state index is 13.5. The minimum atomic E-state index is -4.60. The fourth-order valence-electron chi connectivity index (χ4n) is 3.93. The first-order chi connectivity index (χ1) is 20.0. The number of hydrogen-bond donors (Lipinski definition) is 0. The number of ether oxygens (including phenoxy) is 3. The van der Waals surface area contributed by atoms with Gasteiger partial charge in [0.05, 0.1) is 35.9 Å². The molecule has 0 bridgehead atoms. The molecule has 4 aromatic rings. The van der Waals surface area contributed by atoms with Crippen molar-refractivity contribution in [3.05, 3.63) is 85.6 Å². The molecule has 1 aromatic heterocycles. The minimum absolute atomic E-state index is 0.0358. The Labute approximate surface area is 251 Å². The third-order valence-electron chi connectivity index (χ3n) is 5.88. The van der Waals surface area contributed by atoms with Gasteiger partial charge in [0.25, 0.3) is 5.56 Å². The lowest BCUT2D eigenvalue weighted by Gasteiger charge is -2.19. The molecule has 8 nitrogen and oxygen atoms in total. The molecule has 1 atom stereocenters. The molecule has 13 heteroatoms. The topological polar surface area (TPSA) is 92.0 Å². The van der Waals surface area contributed by atoms with Gasteiger partial charge in [0, 0.05) is 15.6 Å². The highest BCUT2D eigenvalue weighted by atomic mass is 79.9. The van der Waals surface area contributed by atoms with Gasteiger partial charge < -0.3 is 14.2 Å². The summed E-state index contributed by atoms with van der Waals surface area (Å²) in [5.41, 5.74) is -0.828. The number of hydrogen-bond acceptors (Lipinski definition) is 7. The second-order valence-corrected chi connectivity index (χ2v) is 9.93. The van der Waals surface area contributed by atoms with Crippen molar-refractivity contribution in [2.75, 3.05) is 13.2 Å². The van der Waals surface area contributed by atoms with E-state index in [2.05, 4.69) is 26.0 Å². The summed E-state index contributed by atoms with van der Waals surface area (Å²) in [5, 5.41) is 4.59. The molecule has 4 rings (SSSR count). The lowest BCUT2D eigenvalue weighted by molar-refractivity contribution is -0.150. The monoisotopic (exact) mass is 665 g/mol. The van der Waals surface area contributed by atoms with Gasteiger partial charge in [-0.15, -0.1) is 0 Å². The van der Waals surface area contributed by atoms with Crippen molar-refractivity contribution >= 4 is 50.6 Å². The van der Waals surface area contributed by atoms with Crippen LogP contribution >= 0.6 is 27.5 Å². The molecule has 220 valence electrons. The zero-order valence-corrected chi connectivity index (χ0v) is 24.9. The van der Waals surface area contributed by atoms with Crippen molar-refractivity contribution in [1.29, 1.82) is 0 Å². The van der Waals surface area contributed by atoms with Gasteiger partial charge in [-0.1, -0.05) is 35.9 Å². The smallest absolute Gasteiger partial charge is 0.416 e. The van der Waals surface area contributed by atoms with Crippen LogP contribution < -0.4 is 15.0 Å². The molecule has 0 saturated carbocycles. The van der Waals surface area contributed by atoms with Gasteiger partial charge >= 0.3 is 12.1 Å². The van der Waals surface area contributed by atoms with Crippen LogP contribution in [0.1, 0.15) is 31.9 Å². The molecule has 1 heterocycles. The Morgan fingerprint density at radius 2 is 1.88 bits per heavy atom. The molecule has 42 heavy (non-hydrogen) atoms. The Kier molecular flexibility index (Phi) is 9.57. The number of esters is 1. The van der Waals surface area contributed by atoms with Crippen LogP contribution in [0.2, 0.25) is 5.02 Å². The summed E-state index contributed by atoms with van der Waals surface area (Å²) in [6.45, 7) is 5.31. The van der Waals surface area contributed by atoms with E-state index in [0.29, 0.717) is 15.6 Å². The first-order valence-electron chi connectivity index (χ1n) is 12.7. The van der Waals surface area contributed by atoms with E-state index in [9.17, 15) is 22.8 Å². The molecule has 0 fully saturated rings. The average Bonchev–Trinajstić information content (AvgIpc) is 2.96. The highest BCUT2D eigenvalue weighted by Crippen LogP contribution is 2.43. The normalized spacial score (nSPS) is 12.5. The summed E-state index contributed by atoms with van der Waals surface area (Å²) >= 11 is 9.99. The van der Waals surface area contributed by atoms with E-state index in [-0.39, 0.29) is 46.5 Å². The van der Waals surface area contributed by atoms with E-state index in [0.717, 1.165) is 16.8 Å². The van der Waals surface area contributed by atoms with Gasteiger partial charge in [0.2, 0.25) is 0 Å². The predicted molar refractivity (Wildman–Crippen MR) is 156 cm³/mol. The maximum absolute atomic E-state index is 13.5. The molecule has 0 aliphatic rings. The number of halogens is 5. The number of nitrogens with zero attached hydrogens (tertiary/aromatic N) is 3. The molecule has 3 aromatic carbocycles. The number of carbonyl (C=O) groups is 1. The summed E-state index contributed by atoms with van der Waals surface area (Å²) in [4.78, 5) is 30.1. The molecule has 0 unspecified atom stereocenters. The number of para-hydroxylation sites is 1. The Hall–Kier alpha value is -3.90. The van der Waals surface area contributed by atoms with Crippen LogP contribution in [0.4, 0.5) is 13.2 Å². The van der Waals surface area contributed by atoms with Crippen LogP contribution in [0.3, 0.4) is 0 Å². The molecular formula is C29H24BrClF3N3O5. The van der Waals surface area contributed by atoms with Crippen molar-refractivity contribution in [2.24, 2.45) is 5.10 Å². The largest absolute Gasteiger partial charge is 0.490 e. The number of fused-ring (bicyclic) bond motifs is 1. The van der Waals surface area contributed by atoms with E-state index >= 15 is 0 Å². The number of benzene rings is 3. The van der Waals surface area contributed by atoms with Crippen LogP contribution in [0.15, 0.2) is 69.0 Å². The van der Waals surface area contributed by atoms with E-state index in [1.807, 2.05) is 0 Å². The highest BCUT2D eigenvalue weighted by molar-refractivity contribution is 9.10. The third kappa shape index (κ3) is 6.60. The molecule has 0 aliphatic carbocycles. The van der Waals surface area contributed by atoms with Gasteiger partial charge in [-0.05, 0) is 67.0 Å². The number of rotatable bonds is 9. The molecule has 0 amide bonds. The van der Waals surface area contributed by atoms with Crippen molar-refractivity contribution in [2.45, 2.75) is 33.1 Å². The molecule has 0 N–H and O–H groups in total. The van der Waals surface area contributed by atoms with Crippen LogP contribution in [-0.4, -0.2) is 41.2 Å². The fraction of sp³-hybridized carbons (Fsp3) is 0.241. The lowest BCUT2D eigenvalue weighted by atomic mass is 10.1. The molecular weight excluding hydrogens is 643 g/mol. The molecule has 0 saturated heterocycles. The summed E-state index contributed by atoms with van der Waals surface area (Å²) in [7, 11) is 0. The Bertz CT molecular complexity index is 1730. The number of alkyl halides is 3. The second-order valence-electron chi connectivity index (χ2n) is 8.76. The maximum Gasteiger partial charge on any atom is 0.416 e. The van der Waals surface area contributed by atoms with Gasteiger partial charge in [0.1, 0.15) is 5.02 Å². The third-order valence-corrected chi connectivity index (χ3v) is 7.33. The standard InChI is InChI=1S/C29H24BrClF3N3O5/c1-4-40-22-14-18(23(30)24(31)25(22)42-16(3)28(39)41-5-2)15-35-37-26(17-9-8-10-19(13-17)29(32,33)34)36-21-12-7-6-11-20(21)27(37)38/h6-16H,4-5H2,1-3H3/t16-/m0/s1. The van der Waals surface area contributed by atoms with Gasteiger partial charge in [0.15, 0.2) is 23.4 Å².